The number of carbonyl (C=O) groups is 1. The normalized spacial score (nSPS) is 17.4. The van der Waals surface area contributed by atoms with E-state index in [1.807, 2.05) is 54.8 Å². The van der Waals surface area contributed by atoms with Gasteiger partial charge in [0.2, 0.25) is 0 Å². The fourth-order valence-corrected chi connectivity index (χ4v) is 3.80. The van der Waals surface area contributed by atoms with Crippen LogP contribution in [0.4, 0.5) is 5.69 Å². The van der Waals surface area contributed by atoms with Crippen LogP contribution in [0.3, 0.4) is 0 Å². The molecule has 1 amide bonds. The van der Waals surface area contributed by atoms with Crippen LogP contribution in [0, 0.1) is 13.8 Å². The first-order chi connectivity index (χ1) is 12.5. The van der Waals surface area contributed by atoms with E-state index in [1.165, 1.54) is 17.3 Å². The summed E-state index contributed by atoms with van der Waals surface area (Å²) >= 11 is 7.54. The van der Waals surface area contributed by atoms with Crippen molar-refractivity contribution in [3.05, 3.63) is 69.5 Å². The monoisotopic (exact) mass is 382 g/mol. The van der Waals surface area contributed by atoms with Crippen LogP contribution in [0.25, 0.3) is 11.7 Å². The lowest BCUT2D eigenvalue weighted by Crippen LogP contribution is -2.19. The quantitative estimate of drug-likeness (QED) is 0.664. The molecular weight excluding hydrogens is 368 g/mol. The smallest absolute Gasteiger partial charge is 0.264 e. The van der Waals surface area contributed by atoms with Crippen molar-refractivity contribution in [1.82, 2.24) is 14.7 Å². The van der Waals surface area contributed by atoms with Crippen molar-refractivity contribution in [3.8, 4) is 0 Å². The number of carbonyl (C=O) groups excluding carboxylic acids is 1. The number of hydrogen-bond acceptors (Lipinski definition) is 4. The largest absolute Gasteiger partial charge is 0.300 e. The molecule has 1 fully saturated rings. The minimum atomic E-state index is -0.194. The molecule has 0 bridgehead atoms. The van der Waals surface area contributed by atoms with Crippen LogP contribution in [0.1, 0.15) is 16.8 Å². The summed E-state index contributed by atoms with van der Waals surface area (Å²) < 4.78 is 1.85. The summed E-state index contributed by atoms with van der Waals surface area (Å²) in [6.45, 7) is 4.04. The van der Waals surface area contributed by atoms with Gasteiger partial charge >= 0.3 is 0 Å². The highest BCUT2D eigenvalue weighted by Crippen LogP contribution is 2.31. The van der Waals surface area contributed by atoms with E-state index in [0.29, 0.717) is 20.9 Å². The Kier molecular flexibility index (Phi) is 4.30. The Hall–Kier alpha value is -2.57. The summed E-state index contributed by atoms with van der Waals surface area (Å²) in [6.07, 6.45) is 3.61. The first-order valence-electron chi connectivity index (χ1n) is 8.01. The van der Waals surface area contributed by atoms with Gasteiger partial charge in [0.1, 0.15) is 5.65 Å². The van der Waals surface area contributed by atoms with Crippen LogP contribution in [0.15, 0.2) is 52.5 Å². The second kappa shape index (κ2) is 6.63. The number of nitrogens with zero attached hydrogens (tertiary/aromatic N) is 3. The Labute approximate surface area is 159 Å². The number of rotatable bonds is 2. The zero-order valence-electron chi connectivity index (χ0n) is 14.2. The van der Waals surface area contributed by atoms with Crippen molar-refractivity contribution in [3.63, 3.8) is 0 Å². The fourth-order valence-electron chi connectivity index (χ4n) is 2.76. The van der Waals surface area contributed by atoms with Crippen molar-refractivity contribution in [1.29, 1.82) is 0 Å². The van der Waals surface area contributed by atoms with Crippen LogP contribution in [-0.4, -0.2) is 20.5 Å². The number of halogens is 1. The molecule has 0 spiro atoms. The average molecular weight is 383 g/mol. The standard InChI is InChI=1S/C19H15ClN4OS/c1-11-6-7-13(12(2)9-11)21-19-23-18(25)15(26-19)10-14-17(20)22-16-5-3-4-8-24(14)16/h3-10H,1-2H3,(H,21,23,25)/b15-10-. The highest BCUT2D eigenvalue weighted by atomic mass is 35.5. The maximum Gasteiger partial charge on any atom is 0.264 e. The molecule has 0 atom stereocenters. The highest BCUT2D eigenvalue weighted by Gasteiger charge is 2.25. The molecule has 3 aromatic rings. The van der Waals surface area contributed by atoms with E-state index in [4.69, 9.17) is 11.6 Å². The SMILES string of the molecule is Cc1ccc(N=C2NC(=O)/C(=C/c3c(Cl)nc4ccccn34)S2)c(C)c1. The predicted molar refractivity (Wildman–Crippen MR) is 107 cm³/mol. The Morgan fingerprint density at radius 1 is 1.27 bits per heavy atom. The van der Waals surface area contributed by atoms with E-state index >= 15 is 0 Å². The molecule has 1 aromatic carbocycles. The van der Waals surface area contributed by atoms with Gasteiger partial charge in [0, 0.05) is 6.20 Å². The van der Waals surface area contributed by atoms with Gasteiger partial charge < -0.3 is 5.32 Å². The van der Waals surface area contributed by atoms with Gasteiger partial charge in [-0.3, -0.25) is 9.20 Å². The van der Waals surface area contributed by atoms with Gasteiger partial charge in [-0.15, -0.1) is 0 Å². The first kappa shape index (κ1) is 16.9. The molecule has 1 aliphatic rings. The van der Waals surface area contributed by atoms with E-state index in [9.17, 15) is 4.79 Å². The summed E-state index contributed by atoms with van der Waals surface area (Å²) in [5.41, 5.74) is 4.49. The molecule has 0 saturated carbocycles. The number of nitrogens with one attached hydrogen (secondary N) is 1. The third-order valence-electron chi connectivity index (χ3n) is 4.01. The number of benzene rings is 1. The molecule has 4 rings (SSSR count). The van der Waals surface area contributed by atoms with Gasteiger partial charge in [0.25, 0.3) is 5.91 Å². The van der Waals surface area contributed by atoms with Crippen molar-refractivity contribution in [2.24, 2.45) is 4.99 Å². The Bertz CT molecular complexity index is 1100. The number of fused-ring (bicyclic) bond motifs is 1. The second-order valence-electron chi connectivity index (χ2n) is 5.99. The molecule has 1 N–H and O–H groups in total. The minimum Gasteiger partial charge on any atom is -0.300 e. The summed E-state index contributed by atoms with van der Waals surface area (Å²) in [5.74, 6) is -0.194. The molecule has 0 aliphatic carbocycles. The predicted octanol–water partition coefficient (Wildman–Crippen LogP) is 4.50. The lowest BCUT2D eigenvalue weighted by Gasteiger charge is -2.02. The Morgan fingerprint density at radius 3 is 2.92 bits per heavy atom. The lowest BCUT2D eigenvalue weighted by molar-refractivity contribution is -0.115. The number of aliphatic imine (C=N–C) groups is 1. The maximum absolute atomic E-state index is 12.3. The number of aryl methyl sites for hydroxylation is 2. The zero-order chi connectivity index (χ0) is 18.3. The van der Waals surface area contributed by atoms with E-state index in [0.717, 1.165) is 16.9 Å². The number of amides is 1. The second-order valence-corrected chi connectivity index (χ2v) is 7.38. The molecule has 3 heterocycles. The molecular formula is C19H15ClN4OS. The van der Waals surface area contributed by atoms with Gasteiger partial charge in [-0.05, 0) is 55.4 Å². The van der Waals surface area contributed by atoms with Crippen LogP contribution in [-0.2, 0) is 4.79 Å². The number of pyridine rings is 1. The number of imidazole rings is 1. The summed E-state index contributed by atoms with van der Waals surface area (Å²) in [6, 6.07) is 11.7. The van der Waals surface area contributed by atoms with Gasteiger partial charge in [-0.2, -0.15) is 0 Å². The molecule has 7 heteroatoms. The number of thioether (sulfide) groups is 1. The summed E-state index contributed by atoms with van der Waals surface area (Å²) in [7, 11) is 0. The molecule has 26 heavy (non-hydrogen) atoms. The van der Waals surface area contributed by atoms with Crippen LogP contribution >= 0.6 is 23.4 Å². The average Bonchev–Trinajstić information content (AvgIpc) is 3.11. The number of amidine groups is 1. The fraction of sp³-hybridized carbons (Fsp3) is 0.105. The Balaban J connectivity index is 1.68. The Morgan fingerprint density at radius 2 is 2.12 bits per heavy atom. The summed E-state index contributed by atoms with van der Waals surface area (Å²) in [4.78, 5) is 21.7. The number of aromatic nitrogens is 2. The van der Waals surface area contributed by atoms with E-state index in [2.05, 4.69) is 21.4 Å². The van der Waals surface area contributed by atoms with Crippen LogP contribution in [0.2, 0.25) is 5.15 Å². The van der Waals surface area contributed by atoms with Gasteiger partial charge in [-0.1, -0.05) is 35.4 Å². The van der Waals surface area contributed by atoms with Crippen molar-refractivity contribution in [2.45, 2.75) is 13.8 Å². The first-order valence-corrected chi connectivity index (χ1v) is 9.20. The lowest BCUT2D eigenvalue weighted by atomic mass is 10.1. The molecule has 5 nitrogen and oxygen atoms in total. The third kappa shape index (κ3) is 3.13. The van der Waals surface area contributed by atoms with Crippen molar-refractivity contribution >= 4 is 51.8 Å². The van der Waals surface area contributed by atoms with E-state index in [1.54, 1.807) is 6.08 Å². The van der Waals surface area contributed by atoms with Crippen molar-refractivity contribution < 1.29 is 4.79 Å². The van der Waals surface area contributed by atoms with Gasteiger partial charge in [0.05, 0.1) is 16.3 Å². The molecule has 2 aromatic heterocycles. The van der Waals surface area contributed by atoms with Gasteiger partial charge in [0.15, 0.2) is 10.3 Å². The van der Waals surface area contributed by atoms with Crippen LogP contribution in [0.5, 0.6) is 0 Å². The molecule has 1 saturated heterocycles. The minimum absolute atomic E-state index is 0.194. The van der Waals surface area contributed by atoms with Crippen molar-refractivity contribution in [2.75, 3.05) is 0 Å². The molecule has 130 valence electrons. The number of hydrogen-bond donors (Lipinski definition) is 1. The van der Waals surface area contributed by atoms with Crippen LogP contribution < -0.4 is 5.32 Å². The molecule has 1 aliphatic heterocycles. The highest BCUT2D eigenvalue weighted by molar-refractivity contribution is 8.18. The van der Waals surface area contributed by atoms with Gasteiger partial charge in [-0.25, -0.2) is 9.98 Å². The maximum atomic E-state index is 12.3. The zero-order valence-corrected chi connectivity index (χ0v) is 15.7. The van der Waals surface area contributed by atoms with E-state index < -0.39 is 0 Å². The van der Waals surface area contributed by atoms with E-state index in [-0.39, 0.29) is 5.91 Å². The molecule has 0 unspecified atom stereocenters. The summed E-state index contributed by atoms with van der Waals surface area (Å²) in [5, 5.41) is 3.72. The molecule has 0 radical (unpaired) electrons. The third-order valence-corrected chi connectivity index (χ3v) is 5.20. The topological polar surface area (TPSA) is 58.8 Å².